The lowest BCUT2D eigenvalue weighted by Gasteiger charge is -2.17. The average Bonchev–Trinajstić information content (AvgIpc) is 3.28. The maximum absolute atomic E-state index is 12.9. The maximum atomic E-state index is 12.9. The fourth-order valence-electron chi connectivity index (χ4n) is 3.66. The van der Waals surface area contributed by atoms with Crippen molar-refractivity contribution >= 4 is 5.91 Å². The number of likely N-dealkylation sites (tertiary alicyclic amines) is 1. The van der Waals surface area contributed by atoms with Crippen LogP contribution in [0.5, 0.6) is 0 Å². The van der Waals surface area contributed by atoms with Gasteiger partial charge in [-0.15, -0.1) is 0 Å². The first-order valence-corrected chi connectivity index (χ1v) is 9.24. The predicted octanol–water partition coefficient (Wildman–Crippen LogP) is 3.35. The third-order valence-corrected chi connectivity index (χ3v) is 5.07. The molecule has 27 heavy (non-hydrogen) atoms. The van der Waals surface area contributed by atoms with Crippen LogP contribution in [-0.4, -0.2) is 43.9 Å². The zero-order valence-electron chi connectivity index (χ0n) is 15.9. The van der Waals surface area contributed by atoms with E-state index in [1.165, 1.54) is 0 Å². The molecule has 0 saturated carbocycles. The molecule has 0 radical (unpaired) electrons. The third kappa shape index (κ3) is 3.47. The fourth-order valence-corrected chi connectivity index (χ4v) is 3.66. The van der Waals surface area contributed by atoms with E-state index >= 15 is 0 Å². The molecule has 1 aliphatic rings. The summed E-state index contributed by atoms with van der Waals surface area (Å²) in [7, 11) is 0. The molecule has 138 valence electrons. The van der Waals surface area contributed by atoms with E-state index < -0.39 is 0 Å². The molecule has 1 aliphatic heterocycles. The molecule has 1 unspecified atom stereocenters. The van der Waals surface area contributed by atoms with E-state index in [4.69, 9.17) is 0 Å². The highest BCUT2D eigenvalue weighted by Crippen LogP contribution is 2.25. The molecule has 1 aromatic carbocycles. The second kappa shape index (κ2) is 6.95. The van der Waals surface area contributed by atoms with E-state index in [0.717, 1.165) is 41.3 Å². The Hall–Kier alpha value is -3.02. The number of aromatic nitrogens is 4. The Morgan fingerprint density at radius 2 is 1.78 bits per heavy atom. The molecule has 3 heterocycles. The van der Waals surface area contributed by atoms with Gasteiger partial charge in [-0.25, -0.2) is 0 Å². The molecule has 6 nitrogen and oxygen atoms in total. The Morgan fingerprint density at radius 3 is 2.41 bits per heavy atom. The first-order valence-electron chi connectivity index (χ1n) is 9.24. The lowest BCUT2D eigenvalue weighted by Crippen LogP contribution is -2.29. The summed E-state index contributed by atoms with van der Waals surface area (Å²) in [5, 5.41) is 12.9. The van der Waals surface area contributed by atoms with Crippen molar-refractivity contribution in [2.45, 2.75) is 33.2 Å². The predicted molar refractivity (Wildman–Crippen MR) is 103 cm³/mol. The highest BCUT2D eigenvalue weighted by Gasteiger charge is 2.29. The number of nitrogens with zero attached hydrogens (tertiary/aromatic N) is 5. The standard InChI is InChI=1S/C21H23N5O/c1-14-4-9-20(23-22-14)17-5-7-18(8-6-17)21(27)25-11-10-19(13-25)26-16(3)12-15(2)24-26/h4-9,12,19H,10-11,13H2,1-3H3. The molecule has 1 amide bonds. The van der Waals surface area contributed by atoms with E-state index in [0.29, 0.717) is 12.1 Å². The molecule has 1 atom stereocenters. The molecular formula is C21H23N5O. The molecule has 0 N–H and O–H groups in total. The number of carbonyl (C=O) groups excluding carboxylic acids is 1. The molecule has 0 aliphatic carbocycles. The number of aryl methyl sites for hydroxylation is 3. The number of hydrogen-bond acceptors (Lipinski definition) is 4. The zero-order valence-corrected chi connectivity index (χ0v) is 15.9. The van der Waals surface area contributed by atoms with Crippen molar-refractivity contribution in [1.29, 1.82) is 0 Å². The Labute approximate surface area is 158 Å². The average molecular weight is 361 g/mol. The summed E-state index contributed by atoms with van der Waals surface area (Å²) in [4.78, 5) is 14.8. The van der Waals surface area contributed by atoms with Gasteiger partial charge in [0.1, 0.15) is 0 Å². The third-order valence-electron chi connectivity index (χ3n) is 5.07. The molecular weight excluding hydrogens is 338 g/mol. The van der Waals surface area contributed by atoms with Gasteiger partial charge in [0.15, 0.2) is 0 Å². The molecule has 0 bridgehead atoms. The van der Waals surface area contributed by atoms with Crippen molar-refractivity contribution in [2.75, 3.05) is 13.1 Å². The normalized spacial score (nSPS) is 16.7. The van der Waals surface area contributed by atoms with E-state index in [-0.39, 0.29) is 11.9 Å². The van der Waals surface area contributed by atoms with Crippen LogP contribution in [0.2, 0.25) is 0 Å². The maximum Gasteiger partial charge on any atom is 0.253 e. The van der Waals surface area contributed by atoms with E-state index in [1.807, 2.05) is 55.1 Å². The highest BCUT2D eigenvalue weighted by molar-refractivity contribution is 5.94. The Bertz CT molecular complexity index is 959. The molecule has 0 spiro atoms. The Morgan fingerprint density at radius 1 is 1.00 bits per heavy atom. The van der Waals surface area contributed by atoms with Gasteiger partial charge in [-0.2, -0.15) is 15.3 Å². The summed E-state index contributed by atoms with van der Waals surface area (Å²) in [6.45, 7) is 7.44. The SMILES string of the molecule is Cc1ccc(-c2ccc(C(=O)N3CCC(n4nc(C)cc4C)C3)cc2)nn1. The Kier molecular flexibility index (Phi) is 4.48. The van der Waals surface area contributed by atoms with Crippen LogP contribution in [0.1, 0.15) is 39.9 Å². The van der Waals surface area contributed by atoms with Gasteiger partial charge in [0.2, 0.25) is 0 Å². The van der Waals surface area contributed by atoms with E-state index in [9.17, 15) is 4.79 Å². The minimum absolute atomic E-state index is 0.0700. The van der Waals surface area contributed by atoms with Crippen LogP contribution in [0.15, 0.2) is 42.5 Å². The van der Waals surface area contributed by atoms with E-state index in [1.54, 1.807) is 0 Å². The van der Waals surface area contributed by atoms with Crippen LogP contribution < -0.4 is 0 Å². The van der Waals surface area contributed by atoms with Gasteiger partial charge in [-0.05, 0) is 57.5 Å². The van der Waals surface area contributed by atoms with Gasteiger partial charge < -0.3 is 4.90 Å². The molecule has 2 aromatic heterocycles. The minimum Gasteiger partial charge on any atom is -0.336 e. The topological polar surface area (TPSA) is 63.9 Å². The second-order valence-corrected chi connectivity index (χ2v) is 7.20. The molecule has 3 aromatic rings. The number of benzene rings is 1. The Balaban J connectivity index is 1.47. The quantitative estimate of drug-likeness (QED) is 0.718. The van der Waals surface area contributed by atoms with Crippen molar-refractivity contribution in [2.24, 2.45) is 0 Å². The number of hydrogen-bond donors (Lipinski definition) is 0. The molecule has 1 fully saturated rings. The van der Waals surface area contributed by atoms with Crippen molar-refractivity contribution in [1.82, 2.24) is 24.9 Å². The van der Waals surface area contributed by atoms with Gasteiger partial charge in [0, 0.05) is 29.9 Å². The van der Waals surface area contributed by atoms with Crippen LogP contribution >= 0.6 is 0 Å². The van der Waals surface area contributed by atoms with Crippen molar-refractivity contribution < 1.29 is 4.79 Å². The smallest absolute Gasteiger partial charge is 0.253 e. The second-order valence-electron chi connectivity index (χ2n) is 7.20. The summed E-state index contributed by atoms with van der Waals surface area (Å²) in [6.07, 6.45) is 0.935. The monoisotopic (exact) mass is 361 g/mol. The molecule has 6 heteroatoms. The zero-order chi connectivity index (χ0) is 19.0. The fraction of sp³-hybridized carbons (Fsp3) is 0.333. The summed E-state index contributed by atoms with van der Waals surface area (Å²) < 4.78 is 2.06. The van der Waals surface area contributed by atoms with Gasteiger partial charge in [-0.3, -0.25) is 9.48 Å². The molecule has 1 saturated heterocycles. The minimum atomic E-state index is 0.0700. The van der Waals surface area contributed by atoms with Gasteiger partial charge >= 0.3 is 0 Å². The van der Waals surface area contributed by atoms with Crippen molar-refractivity contribution in [3.05, 3.63) is 65.1 Å². The van der Waals surface area contributed by atoms with Crippen molar-refractivity contribution in [3.63, 3.8) is 0 Å². The van der Waals surface area contributed by atoms with Gasteiger partial charge in [0.25, 0.3) is 5.91 Å². The van der Waals surface area contributed by atoms with Gasteiger partial charge in [-0.1, -0.05) is 12.1 Å². The van der Waals surface area contributed by atoms with Crippen LogP contribution in [-0.2, 0) is 0 Å². The number of carbonyl (C=O) groups is 1. The van der Waals surface area contributed by atoms with E-state index in [2.05, 4.69) is 33.0 Å². The van der Waals surface area contributed by atoms with Crippen molar-refractivity contribution in [3.8, 4) is 11.3 Å². The lowest BCUT2D eigenvalue weighted by atomic mass is 10.1. The first kappa shape index (κ1) is 17.4. The summed E-state index contributed by atoms with van der Waals surface area (Å²) in [5.41, 5.74) is 5.53. The number of rotatable bonds is 3. The lowest BCUT2D eigenvalue weighted by molar-refractivity contribution is 0.0787. The summed E-state index contributed by atoms with van der Waals surface area (Å²) in [6, 6.07) is 13.8. The summed E-state index contributed by atoms with van der Waals surface area (Å²) in [5.74, 6) is 0.0700. The molecule has 4 rings (SSSR count). The first-order chi connectivity index (χ1) is 13.0. The summed E-state index contributed by atoms with van der Waals surface area (Å²) >= 11 is 0. The highest BCUT2D eigenvalue weighted by atomic mass is 16.2. The van der Waals surface area contributed by atoms with Gasteiger partial charge in [0.05, 0.1) is 23.1 Å². The van der Waals surface area contributed by atoms with Crippen LogP contribution in [0.25, 0.3) is 11.3 Å². The number of amides is 1. The van der Waals surface area contributed by atoms with Crippen LogP contribution in [0.3, 0.4) is 0 Å². The van der Waals surface area contributed by atoms with Crippen LogP contribution in [0.4, 0.5) is 0 Å². The van der Waals surface area contributed by atoms with Crippen LogP contribution in [0, 0.1) is 20.8 Å². The largest absolute Gasteiger partial charge is 0.336 e.